The van der Waals surface area contributed by atoms with Crippen LogP contribution < -0.4 is 5.32 Å². The minimum Gasteiger partial charge on any atom is -0.387 e. The van der Waals surface area contributed by atoms with Gasteiger partial charge in [0.2, 0.25) is 0 Å². The summed E-state index contributed by atoms with van der Waals surface area (Å²) in [5, 5.41) is 17.1. The van der Waals surface area contributed by atoms with E-state index in [1.807, 2.05) is 19.4 Å². The van der Waals surface area contributed by atoms with E-state index in [0.717, 1.165) is 18.5 Å². The molecular formula is C14H18FN3O. The molecule has 0 aliphatic heterocycles. The average Bonchev–Trinajstić information content (AvgIpc) is 2.81. The molecule has 2 aromatic rings. The monoisotopic (exact) mass is 263 g/mol. The molecule has 0 saturated carbocycles. The summed E-state index contributed by atoms with van der Waals surface area (Å²) in [5.41, 5.74) is 1.46. The van der Waals surface area contributed by atoms with Crippen LogP contribution in [-0.2, 0) is 13.5 Å². The standard InChI is InChI=1S/C14H18FN3O/c1-18-10-11(8-17-18)6-7-16-9-14(19)12-4-2-3-5-13(12)15/h2-5,8,10,14,16,19H,6-7,9H2,1H3. The van der Waals surface area contributed by atoms with Crippen LogP contribution in [0, 0.1) is 5.82 Å². The van der Waals surface area contributed by atoms with E-state index in [4.69, 9.17) is 0 Å². The van der Waals surface area contributed by atoms with Gasteiger partial charge in [0, 0.05) is 25.4 Å². The van der Waals surface area contributed by atoms with Crippen molar-refractivity contribution >= 4 is 0 Å². The molecule has 5 heteroatoms. The highest BCUT2D eigenvalue weighted by atomic mass is 19.1. The van der Waals surface area contributed by atoms with Crippen molar-refractivity contribution in [2.24, 2.45) is 7.05 Å². The van der Waals surface area contributed by atoms with Gasteiger partial charge in [0.15, 0.2) is 0 Å². The van der Waals surface area contributed by atoms with Gasteiger partial charge in [-0.15, -0.1) is 0 Å². The molecule has 1 unspecified atom stereocenters. The van der Waals surface area contributed by atoms with E-state index in [0.29, 0.717) is 12.1 Å². The number of hydrogen-bond donors (Lipinski definition) is 2. The lowest BCUT2D eigenvalue weighted by Crippen LogP contribution is -2.24. The van der Waals surface area contributed by atoms with Crippen LogP contribution in [0.2, 0.25) is 0 Å². The fourth-order valence-corrected chi connectivity index (χ4v) is 1.93. The van der Waals surface area contributed by atoms with Crippen LogP contribution in [-0.4, -0.2) is 28.0 Å². The second-order valence-corrected chi connectivity index (χ2v) is 4.51. The number of aryl methyl sites for hydroxylation is 1. The number of rotatable bonds is 6. The summed E-state index contributed by atoms with van der Waals surface area (Å²) in [7, 11) is 1.87. The lowest BCUT2D eigenvalue weighted by Gasteiger charge is -2.12. The van der Waals surface area contributed by atoms with E-state index < -0.39 is 6.10 Å². The van der Waals surface area contributed by atoms with Gasteiger partial charge in [-0.05, 0) is 24.6 Å². The number of aliphatic hydroxyl groups is 1. The van der Waals surface area contributed by atoms with Gasteiger partial charge in [-0.2, -0.15) is 5.10 Å². The molecule has 0 aliphatic rings. The molecule has 2 N–H and O–H groups in total. The van der Waals surface area contributed by atoms with Gasteiger partial charge in [0.25, 0.3) is 0 Å². The molecule has 19 heavy (non-hydrogen) atoms. The fourth-order valence-electron chi connectivity index (χ4n) is 1.93. The van der Waals surface area contributed by atoms with Gasteiger partial charge < -0.3 is 10.4 Å². The minimum absolute atomic E-state index is 0.330. The Morgan fingerprint density at radius 3 is 2.89 bits per heavy atom. The molecule has 1 heterocycles. The maximum atomic E-state index is 13.4. The van der Waals surface area contributed by atoms with Crippen molar-refractivity contribution < 1.29 is 9.50 Å². The van der Waals surface area contributed by atoms with Crippen molar-refractivity contribution in [1.29, 1.82) is 0 Å². The Morgan fingerprint density at radius 1 is 1.42 bits per heavy atom. The largest absolute Gasteiger partial charge is 0.387 e. The molecule has 1 aromatic carbocycles. The predicted octanol–water partition coefficient (Wildman–Crippen LogP) is 1.42. The van der Waals surface area contributed by atoms with Crippen molar-refractivity contribution in [3.8, 4) is 0 Å². The number of nitrogens with zero attached hydrogens (tertiary/aromatic N) is 2. The Hall–Kier alpha value is -1.72. The lowest BCUT2D eigenvalue weighted by molar-refractivity contribution is 0.170. The molecule has 0 saturated heterocycles. The zero-order valence-corrected chi connectivity index (χ0v) is 10.9. The third kappa shape index (κ3) is 3.87. The van der Waals surface area contributed by atoms with Gasteiger partial charge in [-0.3, -0.25) is 4.68 Å². The fraction of sp³-hybridized carbons (Fsp3) is 0.357. The van der Waals surface area contributed by atoms with E-state index in [-0.39, 0.29) is 5.82 Å². The van der Waals surface area contributed by atoms with Crippen LogP contribution in [0.5, 0.6) is 0 Å². The topological polar surface area (TPSA) is 50.1 Å². The first-order valence-electron chi connectivity index (χ1n) is 6.27. The smallest absolute Gasteiger partial charge is 0.129 e. The quantitative estimate of drug-likeness (QED) is 0.775. The second kappa shape index (κ2) is 6.45. The molecule has 102 valence electrons. The summed E-state index contributed by atoms with van der Waals surface area (Å²) in [6.45, 7) is 1.05. The number of benzene rings is 1. The summed E-state index contributed by atoms with van der Waals surface area (Å²) in [6.07, 6.45) is 3.78. The van der Waals surface area contributed by atoms with Crippen molar-refractivity contribution in [3.05, 3.63) is 53.6 Å². The molecule has 0 radical (unpaired) electrons. The highest BCUT2D eigenvalue weighted by Gasteiger charge is 2.11. The maximum Gasteiger partial charge on any atom is 0.129 e. The molecular weight excluding hydrogens is 245 g/mol. The number of hydrogen-bond acceptors (Lipinski definition) is 3. The zero-order chi connectivity index (χ0) is 13.7. The van der Waals surface area contributed by atoms with Crippen molar-refractivity contribution in [3.63, 3.8) is 0 Å². The summed E-state index contributed by atoms with van der Waals surface area (Å²) in [5.74, 6) is -0.371. The number of nitrogens with one attached hydrogen (secondary N) is 1. The molecule has 0 aliphatic carbocycles. The van der Waals surface area contributed by atoms with Crippen LogP contribution in [0.1, 0.15) is 17.2 Å². The SMILES string of the molecule is Cn1cc(CCNCC(O)c2ccccc2F)cn1. The van der Waals surface area contributed by atoms with Gasteiger partial charge in [-0.1, -0.05) is 18.2 Å². The second-order valence-electron chi connectivity index (χ2n) is 4.51. The first-order chi connectivity index (χ1) is 9.16. The van der Waals surface area contributed by atoms with Crippen LogP contribution in [0.4, 0.5) is 4.39 Å². The highest BCUT2D eigenvalue weighted by Crippen LogP contribution is 2.15. The lowest BCUT2D eigenvalue weighted by atomic mass is 10.1. The Labute approximate surface area is 111 Å². The van der Waals surface area contributed by atoms with Crippen LogP contribution in [0.15, 0.2) is 36.7 Å². The van der Waals surface area contributed by atoms with Gasteiger partial charge in [0.1, 0.15) is 5.82 Å². The third-order valence-electron chi connectivity index (χ3n) is 2.95. The predicted molar refractivity (Wildman–Crippen MR) is 71.1 cm³/mol. The van der Waals surface area contributed by atoms with Crippen molar-refractivity contribution in [2.75, 3.05) is 13.1 Å². The van der Waals surface area contributed by atoms with Gasteiger partial charge >= 0.3 is 0 Å². The molecule has 4 nitrogen and oxygen atoms in total. The summed E-state index contributed by atoms with van der Waals surface area (Å²) < 4.78 is 15.2. The van der Waals surface area contributed by atoms with Crippen LogP contribution >= 0.6 is 0 Å². The molecule has 1 atom stereocenters. The first kappa shape index (κ1) is 13.7. The third-order valence-corrected chi connectivity index (χ3v) is 2.95. The van der Waals surface area contributed by atoms with E-state index in [2.05, 4.69) is 10.4 Å². The van der Waals surface area contributed by atoms with Crippen LogP contribution in [0.25, 0.3) is 0 Å². The van der Waals surface area contributed by atoms with Gasteiger partial charge in [0.05, 0.1) is 12.3 Å². The molecule has 0 spiro atoms. The molecule has 1 aromatic heterocycles. The molecule has 0 amide bonds. The Morgan fingerprint density at radius 2 is 2.21 bits per heavy atom. The van der Waals surface area contributed by atoms with Crippen molar-refractivity contribution in [1.82, 2.24) is 15.1 Å². The van der Waals surface area contributed by atoms with E-state index in [9.17, 15) is 9.50 Å². The Balaban J connectivity index is 1.75. The summed E-state index contributed by atoms with van der Waals surface area (Å²) >= 11 is 0. The minimum atomic E-state index is -0.824. The van der Waals surface area contributed by atoms with Gasteiger partial charge in [-0.25, -0.2) is 4.39 Å². The average molecular weight is 263 g/mol. The molecule has 0 bridgehead atoms. The highest BCUT2D eigenvalue weighted by molar-refractivity contribution is 5.20. The number of aliphatic hydroxyl groups excluding tert-OH is 1. The van der Waals surface area contributed by atoms with Crippen molar-refractivity contribution in [2.45, 2.75) is 12.5 Å². The maximum absolute atomic E-state index is 13.4. The first-order valence-corrected chi connectivity index (χ1v) is 6.27. The summed E-state index contributed by atoms with van der Waals surface area (Å²) in [6, 6.07) is 6.29. The number of halogens is 1. The molecule has 0 fully saturated rings. The van der Waals surface area contributed by atoms with E-state index in [1.165, 1.54) is 6.07 Å². The Kier molecular flexibility index (Phi) is 4.65. The molecule has 2 rings (SSSR count). The number of aromatic nitrogens is 2. The van der Waals surface area contributed by atoms with Crippen LogP contribution in [0.3, 0.4) is 0 Å². The Bertz CT molecular complexity index is 527. The normalized spacial score (nSPS) is 12.6. The van der Waals surface area contributed by atoms with E-state index >= 15 is 0 Å². The summed E-state index contributed by atoms with van der Waals surface area (Å²) in [4.78, 5) is 0. The zero-order valence-electron chi connectivity index (χ0n) is 10.9. The van der Waals surface area contributed by atoms with E-state index in [1.54, 1.807) is 22.9 Å².